The van der Waals surface area contributed by atoms with Crippen LogP contribution in [0.4, 0.5) is 13.2 Å². The summed E-state index contributed by atoms with van der Waals surface area (Å²) < 4.78 is 40.7. The average molecular weight is 198 g/mol. The van der Waals surface area contributed by atoms with Crippen LogP contribution in [0.1, 0.15) is 6.92 Å². The van der Waals surface area contributed by atoms with Crippen molar-refractivity contribution in [3.63, 3.8) is 0 Å². The second-order valence-electron chi connectivity index (χ2n) is 2.66. The Balaban J connectivity index is 3.98. The summed E-state index contributed by atoms with van der Waals surface area (Å²) in [5, 5.41) is 0. The van der Waals surface area contributed by atoms with E-state index in [0.717, 1.165) is 0 Å². The van der Waals surface area contributed by atoms with Crippen molar-refractivity contribution in [2.45, 2.75) is 25.4 Å². The summed E-state index contributed by atoms with van der Waals surface area (Å²) in [7, 11) is 0. The van der Waals surface area contributed by atoms with Gasteiger partial charge in [-0.2, -0.15) is 13.2 Å². The summed E-state index contributed by atoms with van der Waals surface area (Å²) in [4.78, 5) is 0. The van der Waals surface area contributed by atoms with Gasteiger partial charge in [0.05, 0.1) is 24.4 Å². The van der Waals surface area contributed by atoms with E-state index in [-0.39, 0.29) is 6.61 Å². The molecule has 1 atom stereocenters. The average Bonchev–Trinajstić information content (AvgIpc) is 1.96. The van der Waals surface area contributed by atoms with E-state index in [9.17, 15) is 13.2 Å². The molecule has 0 aromatic heterocycles. The Morgan fingerprint density at radius 2 is 1.92 bits per heavy atom. The first-order valence-electron chi connectivity index (χ1n) is 3.64. The normalized spacial score (nSPS) is 14.7. The number of nitrogens with two attached hydrogens (primary N) is 2. The number of rotatable bonds is 4. The lowest BCUT2D eigenvalue weighted by Gasteiger charge is -2.18. The quantitative estimate of drug-likeness (QED) is 0.517. The maximum atomic E-state index is 12.0. The Hall–Kier alpha value is -0.590. The highest BCUT2D eigenvalue weighted by Gasteiger charge is 2.35. The minimum atomic E-state index is -4.43. The third kappa shape index (κ3) is 4.87. The number of hydrogen-bond donors (Lipinski definition) is 2. The molecule has 0 radical (unpaired) electrons. The Kier molecular flexibility index (Phi) is 4.38. The molecular formula is C7H13F3N2O. The standard InChI is InChI=1S/C7H13F3N2O/c1-4(7(8,9)10)5(2)13-3-6(11)12/h5-6H,1,3,11-12H2,2H3. The number of halogens is 3. The smallest absolute Gasteiger partial charge is 0.371 e. The molecule has 0 spiro atoms. The molecule has 13 heavy (non-hydrogen) atoms. The second-order valence-corrected chi connectivity index (χ2v) is 2.66. The van der Waals surface area contributed by atoms with Gasteiger partial charge in [-0.3, -0.25) is 0 Å². The Bertz CT molecular complexity index is 179. The van der Waals surface area contributed by atoms with Gasteiger partial charge in [-0.1, -0.05) is 6.58 Å². The summed E-state index contributed by atoms with van der Waals surface area (Å²) in [5.41, 5.74) is 9.25. The monoisotopic (exact) mass is 198 g/mol. The van der Waals surface area contributed by atoms with Gasteiger partial charge < -0.3 is 16.2 Å². The zero-order valence-electron chi connectivity index (χ0n) is 7.27. The summed E-state index contributed by atoms with van der Waals surface area (Å²) >= 11 is 0. The van der Waals surface area contributed by atoms with E-state index in [1.54, 1.807) is 0 Å². The predicted octanol–water partition coefficient (Wildman–Crippen LogP) is 0.754. The van der Waals surface area contributed by atoms with E-state index >= 15 is 0 Å². The van der Waals surface area contributed by atoms with Crippen molar-refractivity contribution in [1.29, 1.82) is 0 Å². The highest BCUT2D eigenvalue weighted by molar-refractivity contribution is 5.07. The van der Waals surface area contributed by atoms with Crippen molar-refractivity contribution in [2.24, 2.45) is 11.5 Å². The van der Waals surface area contributed by atoms with Gasteiger partial charge in [0, 0.05) is 0 Å². The van der Waals surface area contributed by atoms with Crippen LogP contribution in [0.5, 0.6) is 0 Å². The molecule has 0 fully saturated rings. The molecule has 4 N–H and O–H groups in total. The lowest BCUT2D eigenvalue weighted by molar-refractivity contribution is -0.109. The molecule has 0 saturated carbocycles. The highest BCUT2D eigenvalue weighted by Crippen LogP contribution is 2.27. The van der Waals surface area contributed by atoms with Gasteiger partial charge in [0.2, 0.25) is 0 Å². The van der Waals surface area contributed by atoms with E-state index in [1.165, 1.54) is 6.92 Å². The first kappa shape index (κ1) is 12.4. The lowest BCUT2D eigenvalue weighted by Crippen LogP contribution is -2.37. The minimum Gasteiger partial charge on any atom is -0.371 e. The fourth-order valence-electron chi connectivity index (χ4n) is 0.587. The summed E-state index contributed by atoms with van der Waals surface area (Å²) in [6.07, 6.45) is -6.32. The SMILES string of the molecule is C=C(C(C)OCC(N)N)C(F)(F)F. The van der Waals surface area contributed by atoms with Crippen molar-refractivity contribution in [2.75, 3.05) is 6.61 Å². The number of hydrogen-bond acceptors (Lipinski definition) is 3. The molecular weight excluding hydrogens is 185 g/mol. The molecule has 0 aromatic rings. The Morgan fingerprint density at radius 3 is 2.23 bits per heavy atom. The van der Waals surface area contributed by atoms with E-state index in [0.29, 0.717) is 0 Å². The van der Waals surface area contributed by atoms with Crippen molar-refractivity contribution >= 4 is 0 Å². The van der Waals surface area contributed by atoms with Gasteiger partial charge in [0.15, 0.2) is 0 Å². The molecule has 6 heteroatoms. The first-order chi connectivity index (χ1) is 5.75. The predicted molar refractivity (Wildman–Crippen MR) is 42.8 cm³/mol. The maximum absolute atomic E-state index is 12.0. The number of ether oxygens (including phenoxy) is 1. The van der Waals surface area contributed by atoms with E-state index in [2.05, 4.69) is 6.58 Å². The van der Waals surface area contributed by atoms with Gasteiger partial charge in [-0.15, -0.1) is 0 Å². The molecule has 0 aliphatic carbocycles. The van der Waals surface area contributed by atoms with Crippen LogP contribution in [0.3, 0.4) is 0 Å². The fourth-order valence-corrected chi connectivity index (χ4v) is 0.587. The van der Waals surface area contributed by atoms with Crippen molar-refractivity contribution in [3.05, 3.63) is 12.2 Å². The third-order valence-electron chi connectivity index (χ3n) is 1.39. The molecule has 0 rings (SSSR count). The fraction of sp³-hybridized carbons (Fsp3) is 0.714. The molecule has 0 aromatic carbocycles. The van der Waals surface area contributed by atoms with Crippen molar-refractivity contribution in [1.82, 2.24) is 0 Å². The van der Waals surface area contributed by atoms with Gasteiger partial charge >= 0.3 is 6.18 Å². The maximum Gasteiger partial charge on any atom is 0.414 e. The van der Waals surface area contributed by atoms with Crippen LogP contribution in [0.25, 0.3) is 0 Å². The van der Waals surface area contributed by atoms with E-state index < -0.39 is 24.0 Å². The second kappa shape index (κ2) is 4.59. The molecule has 0 aliphatic rings. The molecule has 0 heterocycles. The van der Waals surface area contributed by atoms with E-state index in [1.807, 2.05) is 0 Å². The summed E-state index contributed by atoms with van der Waals surface area (Å²) in [5.74, 6) is 0. The van der Waals surface area contributed by atoms with Crippen LogP contribution in [0.2, 0.25) is 0 Å². The molecule has 0 saturated heterocycles. The molecule has 3 nitrogen and oxygen atoms in total. The van der Waals surface area contributed by atoms with Gasteiger partial charge in [0.1, 0.15) is 0 Å². The Morgan fingerprint density at radius 1 is 1.46 bits per heavy atom. The molecule has 78 valence electrons. The van der Waals surface area contributed by atoms with Crippen LogP contribution < -0.4 is 11.5 Å². The molecule has 1 unspecified atom stereocenters. The van der Waals surface area contributed by atoms with Gasteiger partial charge in [-0.05, 0) is 6.92 Å². The zero-order chi connectivity index (χ0) is 10.6. The lowest BCUT2D eigenvalue weighted by atomic mass is 10.2. The Labute approximate surface area is 74.5 Å². The minimum absolute atomic E-state index is 0.129. The summed E-state index contributed by atoms with van der Waals surface area (Å²) in [6.45, 7) is 3.99. The largest absolute Gasteiger partial charge is 0.414 e. The highest BCUT2D eigenvalue weighted by atomic mass is 19.4. The van der Waals surface area contributed by atoms with Crippen LogP contribution in [0.15, 0.2) is 12.2 Å². The molecule has 0 amide bonds. The van der Waals surface area contributed by atoms with Gasteiger partial charge in [-0.25, -0.2) is 0 Å². The zero-order valence-corrected chi connectivity index (χ0v) is 7.27. The first-order valence-corrected chi connectivity index (χ1v) is 3.64. The molecule has 0 aliphatic heterocycles. The van der Waals surface area contributed by atoms with Crippen LogP contribution >= 0.6 is 0 Å². The third-order valence-corrected chi connectivity index (χ3v) is 1.39. The van der Waals surface area contributed by atoms with E-state index in [4.69, 9.17) is 16.2 Å². The van der Waals surface area contributed by atoms with Crippen LogP contribution in [-0.2, 0) is 4.74 Å². The van der Waals surface area contributed by atoms with Crippen molar-refractivity contribution < 1.29 is 17.9 Å². The topological polar surface area (TPSA) is 61.3 Å². The van der Waals surface area contributed by atoms with Crippen LogP contribution in [0, 0.1) is 0 Å². The molecule has 0 bridgehead atoms. The van der Waals surface area contributed by atoms with Crippen molar-refractivity contribution in [3.8, 4) is 0 Å². The number of alkyl halides is 3. The summed E-state index contributed by atoms with van der Waals surface area (Å²) in [6, 6.07) is 0. The van der Waals surface area contributed by atoms with Gasteiger partial charge in [0.25, 0.3) is 0 Å². The van der Waals surface area contributed by atoms with Crippen LogP contribution in [-0.4, -0.2) is 25.1 Å².